The lowest BCUT2D eigenvalue weighted by Gasteiger charge is -2.28. The molecule has 0 bridgehead atoms. The minimum atomic E-state index is 0.294. The van der Waals surface area contributed by atoms with Crippen LogP contribution in [-0.4, -0.2) is 27.4 Å². The fraction of sp³-hybridized carbons (Fsp3) is 0.846. The van der Waals surface area contributed by atoms with Crippen LogP contribution in [0.1, 0.15) is 45.9 Å². The van der Waals surface area contributed by atoms with Crippen LogP contribution >= 0.6 is 0 Å². The molecule has 1 unspecified atom stereocenters. The predicted molar refractivity (Wildman–Crippen MR) is 68.8 cm³/mol. The first-order valence-corrected chi connectivity index (χ1v) is 6.77. The summed E-state index contributed by atoms with van der Waals surface area (Å²) >= 11 is 0. The van der Waals surface area contributed by atoms with Gasteiger partial charge in [0.2, 0.25) is 0 Å². The van der Waals surface area contributed by atoms with E-state index in [1.165, 1.54) is 19.3 Å². The summed E-state index contributed by atoms with van der Waals surface area (Å²) in [5.41, 5.74) is 0.294. The van der Waals surface area contributed by atoms with Crippen molar-refractivity contribution in [3.8, 4) is 0 Å². The fourth-order valence-corrected chi connectivity index (χ4v) is 2.06. The van der Waals surface area contributed by atoms with Gasteiger partial charge in [0.1, 0.15) is 12.2 Å². The molecule has 1 aromatic rings. The quantitative estimate of drug-likeness (QED) is 0.787. The number of rotatable bonds is 7. The molecular weight excluding hydrogens is 212 g/mol. The van der Waals surface area contributed by atoms with E-state index in [4.69, 9.17) is 0 Å². The van der Waals surface area contributed by atoms with E-state index in [1.807, 2.05) is 4.68 Å². The molecule has 0 spiro atoms. The maximum Gasteiger partial charge on any atom is 0.138 e. The molecule has 1 aromatic heterocycles. The van der Waals surface area contributed by atoms with Crippen molar-refractivity contribution in [3.05, 3.63) is 12.2 Å². The standard InChI is InChI=1S/C13H24N4/c1-4-13(3,9-14-11-6-7-11)8-12-15-10-16-17(12)5-2/h10-11,14H,4-9H2,1-3H3. The average molecular weight is 236 g/mol. The number of hydrogen-bond donors (Lipinski definition) is 1. The van der Waals surface area contributed by atoms with Gasteiger partial charge in [-0.3, -0.25) is 4.68 Å². The van der Waals surface area contributed by atoms with Crippen molar-refractivity contribution in [2.75, 3.05) is 6.54 Å². The van der Waals surface area contributed by atoms with Crippen LogP contribution < -0.4 is 5.32 Å². The summed E-state index contributed by atoms with van der Waals surface area (Å²) in [5, 5.41) is 7.89. The topological polar surface area (TPSA) is 42.7 Å². The lowest BCUT2D eigenvalue weighted by atomic mass is 9.83. The molecule has 17 heavy (non-hydrogen) atoms. The van der Waals surface area contributed by atoms with E-state index in [0.717, 1.165) is 31.4 Å². The Kier molecular flexibility index (Phi) is 3.82. The highest BCUT2D eigenvalue weighted by molar-refractivity contribution is 4.94. The minimum Gasteiger partial charge on any atom is -0.313 e. The van der Waals surface area contributed by atoms with Gasteiger partial charge in [-0.1, -0.05) is 13.8 Å². The van der Waals surface area contributed by atoms with Crippen LogP contribution in [0.25, 0.3) is 0 Å². The van der Waals surface area contributed by atoms with Crippen molar-refractivity contribution in [3.63, 3.8) is 0 Å². The first-order valence-electron chi connectivity index (χ1n) is 6.77. The Morgan fingerprint density at radius 1 is 1.47 bits per heavy atom. The van der Waals surface area contributed by atoms with Crippen LogP contribution in [0.5, 0.6) is 0 Å². The van der Waals surface area contributed by atoms with E-state index in [0.29, 0.717) is 5.41 Å². The summed E-state index contributed by atoms with van der Waals surface area (Å²) in [6.07, 6.45) is 6.56. The molecule has 1 saturated carbocycles. The average Bonchev–Trinajstić information content (AvgIpc) is 3.07. The molecule has 0 radical (unpaired) electrons. The summed E-state index contributed by atoms with van der Waals surface area (Å²) in [6.45, 7) is 8.72. The van der Waals surface area contributed by atoms with Gasteiger partial charge in [0.05, 0.1) is 0 Å². The van der Waals surface area contributed by atoms with E-state index < -0.39 is 0 Å². The normalized spacial score (nSPS) is 19.2. The second kappa shape index (κ2) is 5.17. The van der Waals surface area contributed by atoms with Gasteiger partial charge in [-0.05, 0) is 31.6 Å². The summed E-state index contributed by atoms with van der Waals surface area (Å²) < 4.78 is 2.00. The zero-order chi connectivity index (χ0) is 12.3. The Hall–Kier alpha value is -0.900. The zero-order valence-electron chi connectivity index (χ0n) is 11.2. The molecule has 1 atom stereocenters. The van der Waals surface area contributed by atoms with Crippen LogP contribution in [0.4, 0.5) is 0 Å². The maximum atomic E-state index is 4.39. The van der Waals surface area contributed by atoms with E-state index in [9.17, 15) is 0 Å². The third kappa shape index (κ3) is 3.28. The lowest BCUT2D eigenvalue weighted by Crippen LogP contribution is -2.35. The Morgan fingerprint density at radius 2 is 2.24 bits per heavy atom. The van der Waals surface area contributed by atoms with Crippen LogP contribution in [0, 0.1) is 5.41 Å². The van der Waals surface area contributed by atoms with Gasteiger partial charge in [0.25, 0.3) is 0 Å². The molecule has 1 heterocycles. The Bertz CT molecular complexity index is 356. The smallest absolute Gasteiger partial charge is 0.138 e. The van der Waals surface area contributed by atoms with Gasteiger partial charge < -0.3 is 5.32 Å². The zero-order valence-corrected chi connectivity index (χ0v) is 11.2. The Labute approximate surface area is 104 Å². The Morgan fingerprint density at radius 3 is 2.82 bits per heavy atom. The van der Waals surface area contributed by atoms with E-state index in [-0.39, 0.29) is 0 Å². The third-order valence-corrected chi connectivity index (χ3v) is 3.83. The molecule has 96 valence electrons. The highest BCUT2D eigenvalue weighted by Crippen LogP contribution is 2.27. The van der Waals surface area contributed by atoms with Crippen molar-refractivity contribution in [2.24, 2.45) is 5.41 Å². The molecule has 0 aromatic carbocycles. The number of nitrogens with one attached hydrogen (secondary N) is 1. The minimum absolute atomic E-state index is 0.294. The second-order valence-corrected chi connectivity index (χ2v) is 5.49. The van der Waals surface area contributed by atoms with Crippen LogP contribution in [-0.2, 0) is 13.0 Å². The van der Waals surface area contributed by atoms with Crippen LogP contribution in [0.15, 0.2) is 6.33 Å². The first kappa shape index (κ1) is 12.6. The number of aryl methyl sites for hydroxylation is 1. The van der Waals surface area contributed by atoms with Crippen molar-refractivity contribution < 1.29 is 0 Å². The molecule has 1 aliphatic rings. The molecule has 1 fully saturated rings. The second-order valence-electron chi connectivity index (χ2n) is 5.49. The summed E-state index contributed by atoms with van der Waals surface area (Å²) in [7, 11) is 0. The summed E-state index contributed by atoms with van der Waals surface area (Å²) in [5.74, 6) is 1.12. The molecule has 4 nitrogen and oxygen atoms in total. The molecule has 0 saturated heterocycles. The van der Waals surface area contributed by atoms with Crippen LogP contribution in [0.3, 0.4) is 0 Å². The van der Waals surface area contributed by atoms with Crippen molar-refractivity contribution >= 4 is 0 Å². The van der Waals surface area contributed by atoms with Crippen LogP contribution in [0.2, 0.25) is 0 Å². The maximum absolute atomic E-state index is 4.39. The van der Waals surface area contributed by atoms with E-state index in [2.05, 4.69) is 36.2 Å². The molecular formula is C13H24N4. The van der Waals surface area contributed by atoms with Gasteiger partial charge in [-0.15, -0.1) is 0 Å². The van der Waals surface area contributed by atoms with Gasteiger partial charge in [0.15, 0.2) is 0 Å². The first-order chi connectivity index (χ1) is 8.17. The molecule has 1 N–H and O–H groups in total. The van der Waals surface area contributed by atoms with E-state index >= 15 is 0 Å². The van der Waals surface area contributed by atoms with Gasteiger partial charge >= 0.3 is 0 Å². The SMILES string of the molecule is CCn1ncnc1CC(C)(CC)CNC1CC1. The number of nitrogens with zero attached hydrogens (tertiary/aromatic N) is 3. The Balaban J connectivity index is 1.96. The van der Waals surface area contributed by atoms with Crippen molar-refractivity contribution in [1.82, 2.24) is 20.1 Å². The summed E-state index contributed by atoms with van der Waals surface area (Å²) in [6, 6.07) is 0.782. The predicted octanol–water partition coefficient (Wildman–Crippen LogP) is 2.01. The van der Waals surface area contributed by atoms with Crippen molar-refractivity contribution in [2.45, 2.75) is 59.0 Å². The summed E-state index contributed by atoms with van der Waals surface area (Å²) in [4.78, 5) is 4.39. The number of aromatic nitrogens is 3. The number of hydrogen-bond acceptors (Lipinski definition) is 3. The van der Waals surface area contributed by atoms with Crippen molar-refractivity contribution in [1.29, 1.82) is 0 Å². The monoisotopic (exact) mass is 236 g/mol. The molecule has 1 aliphatic carbocycles. The van der Waals surface area contributed by atoms with Gasteiger partial charge in [-0.2, -0.15) is 5.10 Å². The van der Waals surface area contributed by atoms with E-state index in [1.54, 1.807) is 6.33 Å². The highest BCUT2D eigenvalue weighted by Gasteiger charge is 2.28. The lowest BCUT2D eigenvalue weighted by molar-refractivity contribution is 0.278. The molecule has 2 rings (SSSR count). The molecule has 0 aliphatic heterocycles. The van der Waals surface area contributed by atoms with Gasteiger partial charge in [0, 0.05) is 25.6 Å². The molecule has 4 heteroatoms. The third-order valence-electron chi connectivity index (χ3n) is 3.83. The van der Waals surface area contributed by atoms with Gasteiger partial charge in [-0.25, -0.2) is 4.98 Å². The highest BCUT2D eigenvalue weighted by atomic mass is 15.3. The largest absolute Gasteiger partial charge is 0.313 e. The fourth-order valence-electron chi connectivity index (χ4n) is 2.06. The molecule has 0 amide bonds.